The summed E-state index contributed by atoms with van der Waals surface area (Å²) in [6.07, 6.45) is 0. The van der Waals surface area contributed by atoms with E-state index in [4.69, 9.17) is 4.74 Å². The highest BCUT2D eigenvalue weighted by atomic mass is 32.2. The summed E-state index contributed by atoms with van der Waals surface area (Å²) in [7, 11) is 0. The topological polar surface area (TPSA) is 12.5 Å². The summed E-state index contributed by atoms with van der Waals surface area (Å²) in [4.78, 5) is 4.99. The first-order chi connectivity index (χ1) is 26.3. The highest BCUT2D eigenvalue weighted by Gasteiger charge is 2.43. The third-order valence-corrected chi connectivity index (χ3v) is 12.2. The van der Waals surface area contributed by atoms with E-state index in [-0.39, 0.29) is 13.4 Å². The molecule has 0 bridgehead atoms. The molecular weight excluding hydrogens is 660 g/mol. The second kappa shape index (κ2) is 12.2. The number of rotatable bonds is 4. The standard InChI is InChI=1S/C48H31B2NOS/c1-4-16-32(17-5-1)35-22-14-23-36(33-18-6-2-7-19-33)47(35)50-38-25-11-13-28-43(38)52-44-31-46-40(30-39(44)50)49-37-24-10-12-26-41(37)51(34-20-8-3-9-21-34)42-27-15-29-45(53-46)48(42)49/h1-31H. The molecule has 0 saturated carbocycles. The zero-order valence-corrected chi connectivity index (χ0v) is 29.6. The Labute approximate surface area is 314 Å². The molecule has 3 heterocycles. The van der Waals surface area contributed by atoms with E-state index >= 15 is 0 Å². The monoisotopic (exact) mass is 691 g/mol. The molecule has 0 atom stereocenters. The number of hydrogen-bond donors (Lipinski definition) is 0. The molecule has 3 aliphatic rings. The van der Waals surface area contributed by atoms with Gasteiger partial charge in [0.1, 0.15) is 11.5 Å². The molecule has 11 rings (SSSR count). The van der Waals surface area contributed by atoms with Gasteiger partial charge in [0.25, 0.3) is 6.71 Å². The lowest BCUT2D eigenvalue weighted by Crippen LogP contribution is -2.62. The Morgan fingerprint density at radius 1 is 0.396 bits per heavy atom. The van der Waals surface area contributed by atoms with Crippen molar-refractivity contribution in [3.05, 3.63) is 188 Å². The Hall–Kier alpha value is -6.16. The van der Waals surface area contributed by atoms with Crippen LogP contribution in [0.4, 0.5) is 17.1 Å². The quantitative estimate of drug-likeness (QED) is 0.172. The number of nitrogens with zero attached hydrogens (tertiary/aromatic N) is 1. The summed E-state index contributed by atoms with van der Waals surface area (Å²) < 4.78 is 6.90. The van der Waals surface area contributed by atoms with Gasteiger partial charge in [0.2, 0.25) is 6.71 Å². The first kappa shape index (κ1) is 30.5. The molecule has 0 unspecified atom stereocenters. The van der Waals surface area contributed by atoms with E-state index in [2.05, 4.69) is 193 Å². The molecule has 2 nitrogen and oxygen atoms in total. The van der Waals surface area contributed by atoms with Crippen LogP contribution in [0.2, 0.25) is 0 Å². The van der Waals surface area contributed by atoms with Crippen molar-refractivity contribution in [3.63, 3.8) is 0 Å². The number of benzene rings is 8. The molecule has 0 aromatic heterocycles. The van der Waals surface area contributed by atoms with Crippen LogP contribution in [-0.2, 0) is 0 Å². The lowest BCUT2D eigenvalue weighted by molar-refractivity contribution is 0.486. The van der Waals surface area contributed by atoms with Crippen molar-refractivity contribution in [2.45, 2.75) is 9.79 Å². The zero-order chi connectivity index (χ0) is 34.9. The van der Waals surface area contributed by atoms with Gasteiger partial charge in [0.15, 0.2) is 0 Å². The van der Waals surface area contributed by atoms with Crippen molar-refractivity contribution in [1.29, 1.82) is 0 Å². The smallest absolute Gasteiger partial charge is 0.252 e. The van der Waals surface area contributed by atoms with Crippen molar-refractivity contribution in [3.8, 4) is 33.8 Å². The van der Waals surface area contributed by atoms with Gasteiger partial charge in [-0.2, -0.15) is 0 Å². The molecular formula is C48H31B2NOS. The minimum absolute atomic E-state index is 0.0619. The lowest BCUT2D eigenvalue weighted by Gasteiger charge is -2.40. The molecule has 0 spiro atoms. The van der Waals surface area contributed by atoms with Gasteiger partial charge < -0.3 is 9.64 Å². The third kappa shape index (κ3) is 4.77. The molecule has 3 aliphatic heterocycles. The van der Waals surface area contributed by atoms with Crippen LogP contribution in [0.5, 0.6) is 11.5 Å². The van der Waals surface area contributed by atoms with Crippen LogP contribution in [0.3, 0.4) is 0 Å². The van der Waals surface area contributed by atoms with E-state index in [1.54, 1.807) is 0 Å². The fourth-order valence-corrected chi connectivity index (χ4v) is 10.0. The summed E-state index contributed by atoms with van der Waals surface area (Å²) in [5, 5.41) is 0. The number of ether oxygens (including phenoxy) is 1. The van der Waals surface area contributed by atoms with Crippen LogP contribution in [0.1, 0.15) is 0 Å². The molecule has 0 saturated heterocycles. The highest BCUT2D eigenvalue weighted by molar-refractivity contribution is 8.00. The first-order valence-corrected chi connectivity index (χ1v) is 19.1. The van der Waals surface area contributed by atoms with Crippen LogP contribution >= 0.6 is 11.8 Å². The second-order valence-electron chi connectivity index (χ2n) is 14.0. The molecule has 53 heavy (non-hydrogen) atoms. The minimum atomic E-state index is -0.0619. The Kier molecular flexibility index (Phi) is 7.03. The van der Waals surface area contributed by atoms with Crippen LogP contribution in [-0.4, -0.2) is 13.4 Å². The molecule has 0 N–H and O–H groups in total. The Balaban J connectivity index is 1.18. The van der Waals surface area contributed by atoms with Crippen molar-refractivity contribution >= 4 is 75.0 Å². The van der Waals surface area contributed by atoms with Crippen LogP contribution < -0.4 is 42.4 Å². The SMILES string of the molecule is c1ccc(-c2cccc(-c3ccccc3)c2B2c3ccccc3Oc3cc4c(cc32)B2c3ccccc3N(c3ccccc3)c3cccc(c32)S4)cc1. The van der Waals surface area contributed by atoms with E-state index in [1.807, 2.05) is 11.8 Å². The minimum Gasteiger partial charge on any atom is -0.458 e. The molecule has 246 valence electrons. The van der Waals surface area contributed by atoms with Crippen LogP contribution in [0.25, 0.3) is 22.3 Å². The average Bonchev–Trinajstić information content (AvgIpc) is 3.23. The maximum Gasteiger partial charge on any atom is 0.252 e. The van der Waals surface area contributed by atoms with Gasteiger partial charge in [0, 0.05) is 26.9 Å². The first-order valence-electron chi connectivity index (χ1n) is 18.2. The predicted octanol–water partition coefficient (Wildman–Crippen LogP) is 8.41. The van der Waals surface area contributed by atoms with E-state index in [0.29, 0.717) is 0 Å². The summed E-state index contributed by atoms with van der Waals surface area (Å²) in [6, 6.07) is 68.5. The van der Waals surface area contributed by atoms with Crippen molar-refractivity contribution in [1.82, 2.24) is 0 Å². The van der Waals surface area contributed by atoms with Crippen molar-refractivity contribution < 1.29 is 4.74 Å². The summed E-state index contributed by atoms with van der Waals surface area (Å²) in [6.45, 7) is 0.0165. The lowest BCUT2D eigenvalue weighted by atomic mass is 9.31. The number of hydrogen-bond acceptors (Lipinski definition) is 3. The third-order valence-electron chi connectivity index (χ3n) is 11.1. The van der Waals surface area contributed by atoms with Crippen LogP contribution in [0, 0.1) is 0 Å². The maximum absolute atomic E-state index is 6.90. The fourth-order valence-electron chi connectivity index (χ4n) is 8.87. The Morgan fingerprint density at radius 3 is 1.72 bits per heavy atom. The average molecular weight is 691 g/mol. The molecule has 8 aromatic carbocycles. The van der Waals surface area contributed by atoms with Crippen molar-refractivity contribution in [2.75, 3.05) is 4.90 Å². The van der Waals surface area contributed by atoms with E-state index in [0.717, 1.165) is 11.5 Å². The van der Waals surface area contributed by atoms with Gasteiger partial charge in [-0.05, 0) is 86.6 Å². The van der Waals surface area contributed by atoms with Gasteiger partial charge in [-0.1, -0.05) is 168 Å². The maximum atomic E-state index is 6.90. The number of anilines is 3. The highest BCUT2D eigenvalue weighted by Crippen LogP contribution is 2.42. The van der Waals surface area contributed by atoms with E-state index in [1.165, 1.54) is 81.9 Å². The van der Waals surface area contributed by atoms with Crippen molar-refractivity contribution in [2.24, 2.45) is 0 Å². The largest absolute Gasteiger partial charge is 0.458 e. The number of fused-ring (bicyclic) bond motifs is 6. The zero-order valence-electron chi connectivity index (χ0n) is 28.8. The predicted molar refractivity (Wildman–Crippen MR) is 225 cm³/mol. The molecule has 0 fully saturated rings. The van der Waals surface area contributed by atoms with E-state index < -0.39 is 0 Å². The second-order valence-corrected chi connectivity index (χ2v) is 15.0. The van der Waals surface area contributed by atoms with Crippen LogP contribution in [0.15, 0.2) is 198 Å². The molecule has 0 radical (unpaired) electrons. The van der Waals surface area contributed by atoms with E-state index in [9.17, 15) is 0 Å². The normalized spacial score (nSPS) is 13.2. The molecule has 5 heteroatoms. The Bertz CT molecular complexity index is 2640. The Morgan fingerprint density at radius 2 is 0.981 bits per heavy atom. The van der Waals surface area contributed by atoms with Gasteiger partial charge in [-0.25, -0.2) is 0 Å². The van der Waals surface area contributed by atoms with Gasteiger partial charge >= 0.3 is 0 Å². The molecule has 8 aromatic rings. The summed E-state index contributed by atoms with van der Waals surface area (Å²) in [5.41, 5.74) is 16.2. The number of para-hydroxylation sites is 3. The van der Waals surface area contributed by atoms with Gasteiger partial charge in [-0.3, -0.25) is 0 Å². The summed E-state index contributed by atoms with van der Waals surface area (Å²) >= 11 is 1.87. The van der Waals surface area contributed by atoms with Gasteiger partial charge in [0.05, 0.1) is 0 Å². The molecule has 0 aliphatic carbocycles. The molecule has 0 amide bonds. The van der Waals surface area contributed by atoms with Gasteiger partial charge in [-0.15, -0.1) is 0 Å². The summed E-state index contributed by atoms with van der Waals surface area (Å²) in [5.74, 6) is 1.84. The fraction of sp³-hybridized carbons (Fsp3) is 0.